The molecular weight excluding hydrogens is 376 g/mol. The molecule has 0 unspecified atom stereocenters. The van der Waals surface area contributed by atoms with Gasteiger partial charge >= 0.3 is 0 Å². The van der Waals surface area contributed by atoms with E-state index in [2.05, 4.69) is 20.8 Å². The fourth-order valence-corrected chi connectivity index (χ4v) is 3.14. The lowest BCUT2D eigenvalue weighted by molar-refractivity contribution is -0.126. The van der Waals surface area contributed by atoms with E-state index >= 15 is 0 Å². The smallest absolute Gasteiger partial charge is 0.292 e. The summed E-state index contributed by atoms with van der Waals surface area (Å²) in [4.78, 5) is 17.9. The molecule has 1 N–H and O–H groups in total. The summed E-state index contributed by atoms with van der Waals surface area (Å²) in [5.41, 5.74) is 4.16. The van der Waals surface area contributed by atoms with Gasteiger partial charge in [0.25, 0.3) is 6.47 Å². The van der Waals surface area contributed by atoms with E-state index in [1.54, 1.807) is 7.11 Å². The normalized spacial score (nSPS) is 10.2. The Hall–Kier alpha value is -2.87. The van der Waals surface area contributed by atoms with Gasteiger partial charge < -0.3 is 14.0 Å². The zero-order chi connectivity index (χ0) is 20.7. The van der Waals surface area contributed by atoms with Gasteiger partial charge in [0.05, 0.1) is 14.2 Å². The predicted octanol–water partition coefficient (Wildman–Crippen LogP) is 3.43. The Kier molecular flexibility index (Phi) is 7.57. The minimum atomic E-state index is 0.375. The summed E-state index contributed by atoms with van der Waals surface area (Å²) in [5, 5.41) is 10.3. The molecule has 7 nitrogen and oxygen atoms in total. The summed E-state index contributed by atoms with van der Waals surface area (Å²) in [6.07, 6.45) is 3.78. The highest BCUT2D eigenvalue weighted by molar-refractivity contribution is 7.98. The maximum absolute atomic E-state index is 8.95. The summed E-state index contributed by atoms with van der Waals surface area (Å²) < 4.78 is 11.2. The number of aromatic nitrogens is 3. The molecule has 0 aliphatic heterocycles. The van der Waals surface area contributed by atoms with E-state index in [0.29, 0.717) is 23.7 Å². The molecule has 0 radical (unpaired) electrons. The molecule has 2 aromatic heterocycles. The predicted molar refractivity (Wildman–Crippen MR) is 111 cm³/mol. The second-order valence-corrected chi connectivity index (χ2v) is 6.63. The monoisotopic (exact) mass is 400 g/mol. The standard InChI is InChI=1S/C18H20N4OS.C2H4O2/c1-5-22-16(19)15(12-6-11(2)7-14(8-12)23-3)9-13-10-20-18(24-4)21-17(13)22;1-4-2-3/h6-10,19H,5H2,1-4H3;2H,1H3. The highest BCUT2D eigenvalue weighted by Crippen LogP contribution is 2.26. The van der Waals surface area contributed by atoms with Crippen molar-refractivity contribution in [3.63, 3.8) is 0 Å². The third-order valence-corrected chi connectivity index (χ3v) is 4.61. The molecule has 0 bridgehead atoms. The maximum Gasteiger partial charge on any atom is 0.292 e. The molecule has 3 aromatic rings. The first-order valence-electron chi connectivity index (χ1n) is 8.60. The van der Waals surface area contributed by atoms with Gasteiger partial charge in [-0.15, -0.1) is 0 Å². The van der Waals surface area contributed by atoms with E-state index in [-0.39, 0.29) is 0 Å². The van der Waals surface area contributed by atoms with E-state index in [1.807, 2.05) is 49.1 Å². The third kappa shape index (κ3) is 4.69. The maximum atomic E-state index is 8.95. The fourth-order valence-electron chi connectivity index (χ4n) is 2.81. The molecule has 0 saturated heterocycles. The van der Waals surface area contributed by atoms with Crippen LogP contribution in [0, 0.1) is 12.3 Å². The van der Waals surface area contributed by atoms with Gasteiger partial charge in [-0.3, -0.25) is 10.2 Å². The number of carbonyl (C=O) groups is 1. The van der Waals surface area contributed by atoms with Crippen molar-refractivity contribution in [3.8, 4) is 16.9 Å². The SMILES string of the molecule is CCn1c(=N)c(-c2cc(C)cc(OC)c2)cc2cnc(SC)nc21.COC=O. The largest absolute Gasteiger partial charge is 0.497 e. The Balaban J connectivity index is 0.000000640. The second-order valence-electron chi connectivity index (χ2n) is 5.86. The molecule has 0 spiro atoms. The molecule has 28 heavy (non-hydrogen) atoms. The number of nitrogens with zero attached hydrogens (tertiary/aromatic N) is 3. The minimum Gasteiger partial charge on any atom is -0.497 e. The van der Waals surface area contributed by atoms with E-state index in [0.717, 1.165) is 33.5 Å². The van der Waals surface area contributed by atoms with E-state index in [1.165, 1.54) is 18.9 Å². The number of hydrogen-bond donors (Lipinski definition) is 1. The fraction of sp³-hybridized carbons (Fsp3) is 0.300. The Labute approximate surface area is 168 Å². The molecule has 0 fully saturated rings. The Morgan fingerprint density at radius 2 is 1.96 bits per heavy atom. The molecule has 3 rings (SSSR count). The van der Waals surface area contributed by atoms with E-state index in [4.69, 9.17) is 14.9 Å². The van der Waals surface area contributed by atoms with Crippen LogP contribution in [-0.4, -0.2) is 41.5 Å². The van der Waals surface area contributed by atoms with Crippen LogP contribution < -0.4 is 10.2 Å². The van der Waals surface area contributed by atoms with Gasteiger partial charge in [-0.05, 0) is 49.4 Å². The van der Waals surface area contributed by atoms with Crippen molar-refractivity contribution in [2.45, 2.75) is 25.5 Å². The lowest BCUT2D eigenvalue weighted by Crippen LogP contribution is -2.22. The lowest BCUT2D eigenvalue weighted by Gasteiger charge is -2.14. The summed E-state index contributed by atoms with van der Waals surface area (Å²) >= 11 is 1.50. The molecule has 1 aromatic carbocycles. The number of benzene rings is 1. The first-order valence-corrected chi connectivity index (χ1v) is 9.83. The number of hydrogen-bond acceptors (Lipinski definition) is 7. The quantitative estimate of drug-likeness (QED) is 0.401. The van der Waals surface area contributed by atoms with Crippen molar-refractivity contribution < 1.29 is 14.3 Å². The van der Waals surface area contributed by atoms with Crippen molar-refractivity contribution in [2.75, 3.05) is 20.5 Å². The van der Waals surface area contributed by atoms with Gasteiger partial charge in [-0.1, -0.05) is 17.8 Å². The van der Waals surface area contributed by atoms with Crippen molar-refractivity contribution in [1.29, 1.82) is 5.41 Å². The summed E-state index contributed by atoms with van der Waals surface area (Å²) in [5.74, 6) is 0.793. The van der Waals surface area contributed by atoms with Gasteiger partial charge in [0.2, 0.25) is 0 Å². The Morgan fingerprint density at radius 1 is 1.25 bits per heavy atom. The average Bonchev–Trinajstić information content (AvgIpc) is 2.72. The molecular formula is C20H24N4O3S. The number of methoxy groups -OCH3 is 2. The van der Waals surface area contributed by atoms with Crippen LogP contribution in [-0.2, 0) is 16.1 Å². The van der Waals surface area contributed by atoms with Crippen molar-refractivity contribution >= 4 is 29.3 Å². The Morgan fingerprint density at radius 3 is 2.54 bits per heavy atom. The zero-order valence-corrected chi connectivity index (χ0v) is 17.5. The van der Waals surface area contributed by atoms with Crippen LogP contribution in [0.4, 0.5) is 0 Å². The summed E-state index contributed by atoms with van der Waals surface area (Å²) in [7, 11) is 2.97. The van der Waals surface area contributed by atoms with Crippen LogP contribution >= 0.6 is 11.8 Å². The number of carbonyl (C=O) groups excluding carboxylic acids is 1. The molecule has 0 atom stereocenters. The number of fused-ring (bicyclic) bond motifs is 1. The van der Waals surface area contributed by atoms with E-state index < -0.39 is 0 Å². The number of ether oxygens (including phenoxy) is 2. The van der Waals surface area contributed by atoms with E-state index in [9.17, 15) is 0 Å². The number of aryl methyl sites for hydroxylation is 2. The number of pyridine rings is 1. The zero-order valence-electron chi connectivity index (χ0n) is 16.6. The number of rotatable bonds is 5. The van der Waals surface area contributed by atoms with Crippen molar-refractivity contribution in [2.24, 2.45) is 0 Å². The molecule has 148 valence electrons. The lowest BCUT2D eigenvalue weighted by atomic mass is 10.0. The van der Waals surface area contributed by atoms with Crippen LogP contribution in [0.5, 0.6) is 5.75 Å². The Bertz CT molecular complexity index is 1030. The van der Waals surface area contributed by atoms with Gasteiger partial charge in [-0.25, -0.2) is 9.97 Å². The molecule has 0 amide bonds. The van der Waals surface area contributed by atoms with Gasteiger partial charge in [0.15, 0.2) is 5.16 Å². The molecule has 0 aliphatic carbocycles. The highest BCUT2D eigenvalue weighted by atomic mass is 32.2. The van der Waals surface area contributed by atoms with Crippen LogP contribution in [0.2, 0.25) is 0 Å². The molecule has 2 heterocycles. The summed E-state index contributed by atoms with van der Waals surface area (Å²) in [6.45, 7) is 5.11. The van der Waals surface area contributed by atoms with Crippen LogP contribution in [0.1, 0.15) is 12.5 Å². The number of nitrogens with one attached hydrogen (secondary N) is 1. The van der Waals surface area contributed by atoms with Crippen LogP contribution in [0.15, 0.2) is 35.6 Å². The van der Waals surface area contributed by atoms with Gasteiger partial charge in [-0.2, -0.15) is 0 Å². The van der Waals surface area contributed by atoms with Gasteiger partial charge in [0.1, 0.15) is 16.9 Å². The molecule has 8 heteroatoms. The minimum absolute atomic E-state index is 0.375. The topological polar surface area (TPSA) is 90.1 Å². The van der Waals surface area contributed by atoms with Gasteiger partial charge in [0, 0.05) is 23.7 Å². The highest BCUT2D eigenvalue weighted by Gasteiger charge is 2.11. The van der Waals surface area contributed by atoms with Crippen molar-refractivity contribution in [3.05, 3.63) is 41.5 Å². The summed E-state index contributed by atoms with van der Waals surface area (Å²) in [6, 6.07) is 8.00. The molecule has 0 saturated carbocycles. The average molecular weight is 401 g/mol. The van der Waals surface area contributed by atoms with Crippen LogP contribution in [0.3, 0.4) is 0 Å². The van der Waals surface area contributed by atoms with Crippen molar-refractivity contribution in [1.82, 2.24) is 14.5 Å². The first-order chi connectivity index (χ1) is 13.5. The number of thioether (sulfide) groups is 1. The molecule has 0 aliphatic rings. The third-order valence-electron chi connectivity index (χ3n) is 4.05. The van der Waals surface area contributed by atoms with Crippen LogP contribution in [0.25, 0.3) is 22.2 Å². The first kappa shape index (κ1) is 21.4. The second kappa shape index (κ2) is 9.89.